The molecule has 0 bridgehead atoms. The van der Waals surface area contributed by atoms with E-state index in [2.05, 4.69) is 11.4 Å². The lowest BCUT2D eigenvalue weighted by Gasteiger charge is -2.36. The fourth-order valence-electron chi connectivity index (χ4n) is 5.03. The Hall–Kier alpha value is -3.86. The van der Waals surface area contributed by atoms with Crippen molar-refractivity contribution in [2.75, 3.05) is 19.5 Å². The minimum Gasteiger partial charge on any atom is -0.497 e. The monoisotopic (exact) mass is 488 g/mol. The molecule has 0 spiro atoms. The number of methoxy groups -OCH3 is 1. The summed E-state index contributed by atoms with van der Waals surface area (Å²) in [5.74, 6) is -0.564. The molecular weight excluding hydrogens is 456 g/mol. The van der Waals surface area contributed by atoms with Crippen molar-refractivity contribution in [3.8, 4) is 11.8 Å². The molecule has 8 nitrogen and oxygen atoms in total. The predicted octanol–water partition coefficient (Wildman–Crippen LogP) is 3.93. The third-order valence-corrected chi connectivity index (χ3v) is 6.95. The van der Waals surface area contributed by atoms with Gasteiger partial charge in [-0.1, -0.05) is 39.0 Å². The first kappa shape index (κ1) is 25.2. The number of nitriles is 1. The number of carbonyl (C=O) groups excluding carboxylic acids is 3. The van der Waals surface area contributed by atoms with E-state index in [0.29, 0.717) is 24.3 Å². The molecule has 0 fully saturated rings. The quantitative estimate of drug-likeness (QED) is 0.636. The lowest BCUT2D eigenvalue weighted by Crippen LogP contribution is -2.52. The van der Waals surface area contributed by atoms with Crippen LogP contribution in [-0.2, 0) is 16.1 Å². The zero-order chi connectivity index (χ0) is 26.2. The molecule has 3 atom stereocenters. The highest BCUT2D eigenvalue weighted by Gasteiger charge is 2.42. The number of hydrogen-bond acceptors (Lipinski definition) is 5. The van der Waals surface area contributed by atoms with E-state index in [1.807, 2.05) is 51.1 Å². The van der Waals surface area contributed by atoms with Crippen LogP contribution in [0.25, 0.3) is 0 Å². The number of anilines is 1. The van der Waals surface area contributed by atoms with Gasteiger partial charge >= 0.3 is 0 Å². The van der Waals surface area contributed by atoms with Crippen molar-refractivity contribution in [1.29, 1.82) is 5.26 Å². The molecule has 0 saturated heterocycles. The standard InChI is InChI=1S/C28H32N4O4/c1-28(2,3)14-24(32-16-17-12-19(36-5)10-11-20(17)26(32)34)27(35)31(4)18(15-29)13-22-21-8-6-7-9-23(21)30-25(22)33/h6-12,18,22,24H,13-14,16H2,1-5H3,(H,30,33)/t18-,22+,24-/m0/s1. The highest BCUT2D eigenvalue weighted by molar-refractivity contribution is 6.03. The van der Waals surface area contributed by atoms with E-state index in [4.69, 9.17) is 4.74 Å². The van der Waals surface area contributed by atoms with Gasteiger partial charge in [0.2, 0.25) is 11.8 Å². The van der Waals surface area contributed by atoms with E-state index in [1.54, 1.807) is 31.2 Å². The number of likely N-dealkylation sites (N-methyl/N-ethyl adjacent to an activating group) is 1. The Balaban J connectivity index is 1.59. The summed E-state index contributed by atoms with van der Waals surface area (Å²) in [6, 6.07) is 13.3. The number of rotatable bonds is 7. The number of ether oxygens (including phenoxy) is 1. The van der Waals surface area contributed by atoms with Crippen LogP contribution >= 0.6 is 0 Å². The first-order valence-corrected chi connectivity index (χ1v) is 12.1. The molecule has 36 heavy (non-hydrogen) atoms. The molecule has 2 heterocycles. The molecule has 1 N–H and O–H groups in total. The van der Waals surface area contributed by atoms with Crippen LogP contribution in [0.3, 0.4) is 0 Å². The third-order valence-electron chi connectivity index (χ3n) is 6.95. The number of nitrogens with one attached hydrogen (secondary N) is 1. The second-order valence-electron chi connectivity index (χ2n) is 10.7. The maximum atomic E-state index is 13.9. The topological polar surface area (TPSA) is 103 Å². The number of fused-ring (bicyclic) bond motifs is 2. The van der Waals surface area contributed by atoms with E-state index in [0.717, 1.165) is 16.8 Å². The molecule has 188 valence electrons. The molecule has 2 aliphatic rings. The van der Waals surface area contributed by atoms with Crippen molar-refractivity contribution >= 4 is 23.4 Å². The van der Waals surface area contributed by atoms with Crippen molar-refractivity contribution in [2.45, 2.75) is 58.2 Å². The van der Waals surface area contributed by atoms with E-state index in [-0.39, 0.29) is 29.6 Å². The van der Waals surface area contributed by atoms with Gasteiger partial charge < -0.3 is 19.9 Å². The maximum Gasteiger partial charge on any atom is 0.255 e. The lowest BCUT2D eigenvalue weighted by atomic mass is 9.86. The average molecular weight is 489 g/mol. The van der Waals surface area contributed by atoms with Gasteiger partial charge in [-0.15, -0.1) is 0 Å². The molecule has 2 aromatic carbocycles. The Morgan fingerprint density at radius 1 is 1.25 bits per heavy atom. The van der Waals surface area contributed by atoms with Crippen molar-refractivity contribution in [2.24, 2.45) is 5.41 Å². The first-order chi connectivity index (χ1) is 17.0. The van der Waals surface area contributed by atoms with Gasteiger partial charge in [0.05, 0.1) is 19.1 Å². The van der Waals surface area contributed by atoms with Crippen LogP contribution in [0.15, 0.2) is 42.5 Å². The van der Waals surface area contributed by atoms with Gasteiger partial charge in [-0.05, 0) is 53.6 Å². The summed E-state index contributed by atoms with van der Waals surface area (Å²) in [5, 5.41) is 12.9. The fraction of sp³-hybridized carbons (Fsp3) is 0.429. The van der Waals surface area contributed by atoms with Gasteiger partial charge in [-0.3, -0.25) is 14.4 Å². The predicted molar refractivity (Wildman–Crippen MR) is 135 cm³/mol. The molecule has 3 amide bonds. The average Bonchev–Trinajstić information content (AvgIpc) is 3.34. The van der Waals surface area contributed by atoms with Crippen LogP contribution in [0.4, 0.5) is 5.69 Å². The Kier molecular flexibility index (Phi) is 6.77. The van der Waals surface area contributed by atoms with Gasteiger partial charge in [0, 0.05) is 24.8 Å². The second kappa shape index (κ2) is 9.65. The van der Waals surface area contributed by atoms with Crippen LogP contribution in [0.2, 0.25) is 0 Å². The largest absolute Gasteiger partial charge is 0.497 e. The molecular formula is C28H32N4O4. The third kappa shape index (κ3) is 4.78. The molecule has 4 rings (SSSR count). The second-order valence-corrected chi connectivity index (χ2v) is 10.7. The number of benzene rings is 2. The summed E-state index contributed by atoms with van der Waals surface area (Å²) < 4.78 is 5.31. The van der Waals surface area contributed by atoms with Gasteiger partial charge in [0.25, 0.3) is 5.91 Å². The van der Waals surface area contributed by atoms with Crippen LogP contribution in [-0.4, -0.2) is 53.8 Å². The molecule has 0 radical (unpaired) electrons. The van der Waals surface area contributed by atoms with Crippen LogP contribution in [0, 0.1) is 16.7 Å². The Morgan fingerprint density at radius 2 is 1.97 bits per heavy atom. The summed E-state index contributed by atoms with van der Waals surface area (Å²) in [6.45, 7) is 6.35. The zero-order valence-corrected chi connectivity index (χ0v) is 21.4. The smallest absolute Gasteiger partial charge is 0.255 e. The summed E-state index contributed by atoms with van der Waals surface area (Å²) in [5.41, 5.74) is 2.68. The lowest BCUT2D eigenvalue weighted by molar-refractivity contribution is -0.137. The minimum atomic E-state index is -0.831. The maximum absolute atomic E-state index is 13.9. The van der Waals surface area contributed by atoms with E-state index < -0.39 is 18.0 Å². The highest BCUT2D eigenvalue weighted by atomic mass is 16.5. The number of carbonyl (C=O) groups is 3. The van der Waals surface area contributed by atoms with Crippen molar-refractivity contribution < 1.29 is 19.1 Å². The van der Waals surface area contributed by atoms with Gasteiger partial charge in [-0.25, -0.2) is 0 Å². The van der Waals surface area contributed by atoms with Gasteiger partial charge in [0.15, 0.2) is 0 Å². The van der Waals surface area contributed by atoms with Crippen LogP contribution < -0.4 is 10.1 Å². The van der Waals surface area contributed by atoms with Crippen molar-refractivity contribution in [1.82, 2.24) is 9.80 Å². The molecule has 8 heteroatoms. The van der Waals surface area contributed by atoms with Crippen LogP contribution in [0.1, 0.15) is 61.0 Å². The summed E-state index contributed by atoms with van der Waals surface area (Å²) in [6.07, 6.45) is 0.604. The molecule has 0 aliphatic carbocycles. The normalized spacial score (nSPS) is 18.1. The Bertz CT molecular complexity index is 1240. The van der Waals surface area contributed by atoms with E-state index >= 15 is 0 Å². The number of hydrogen-bond donors (Lipinski definition) is 1. The summed E-state index contributed by atoms with van der Waals surface area (Å²) >= 11 is 0. The van der Waals surface area contributed by atoms with Crippen molar-refractivity contribution in [3.05, 3.63) is 59.2 Å². The van der Waals surface area contributed by atoms with Crippen LogP contribution in [0.5, 0.6) is 5.75 Å². The number of amides is 3. The summed E-state index contributed by atoms with van der Waals surface area (Å²) in [4.78, 5) is 42.9. The van der Waals surface area contributed by atoms with E-state index in [1.165, 1.54) is 4.90 Å². The molecule has 0 aromatic heterocycles. The minimum absolute atomic E-state index is 0.176. The molecule has 2 aromatic rings. The number of nitrogens with zero attached hydrogens (tertiary/aromatic N) is 3. The summed E-state index contributed by atoms with van der Waals surface area (Å²) in [7, 11) is 3.16. The Labute approximate surface area is 211 Å². The SMILES string of the molecule is COc1ccc2c(c1)CN([C@@H](CC(C)(C)C)C(=O)N(C)[C@H](C#N)C[C@H]1C(=O)Nc3ccccc31)C2=O. The molecule has 0 unspecified atom stereocenters. The fourth-order valence-corrected chi connectivity index (χ4v) is 5.03. The highest BCUT2D eigenvalue weighted by Crippen LogP contribution is 2.37. The number of para-hydroxylation sites is 1. The zero-order valence-electron chi connectivity index (χ0n) is 21.4. The molecule has 2 aliphatic heterocycles. The van der Waals surface area contributed by atoms with Gasteiger partial charge in [0.1, 0.15) is 17.8 Å². The van der Waals surface area contributed by atoms with E-state index in [9.17, 15) is 19.6 Å². The first-order valence-electron chi connectivity index (χ1n) is 12.1. The van der Waals surface area contributed by atoms with Gasteiger partial charge in [-0.2, -0.15) is 5.26 Å². The van der Waals surface area contributed by atoms with Crippen molar-refractivity contribution in [3.63, 3.8) is 0 Å². The Morgan fingerprint density at radius 3 is 2.64 bits per heavy atom. The molecule has 0 saturated carbocycles.